The Morgan fingerprint density at radius 1 is 1.45 bits per heavy atom. The van der Waals surface area contributed by atoms with Crippen molar-refractivity contribution < 1.29 is 9.53 Å². The van der Waals surface area contributed by atoms with E-state index in [-0.39, 0.29) is 11.5 Å². The number of fused-ring (bicyclic) bond motifs is 1. The first-order valence-corrected chi connectivity index (χ1v) is 10.6. The highest BCUT2D eigenvalue weighted by Gasteiger charge is 2.16. The molecule has 10 heteroatoms. The van der Waals surface area contributed by atoms with Crippen LogP contribution in [0.4, 0.5) is 5.82 Å². The number of carbonyl (C=O) groups is 1. The number of hydrogen-bond donors (Lipinski definition) is 3. The molecule has 31 heavy (non-hydrogen) atoms. The van der Waals surface area contributed by atoms with Crippen LogP contribution in [0.1, 0.15) is 35.8 Å². The van der Waals surface area contributed by atoms with Crippen LogP contribution >= 0.6 is 11.9 Å². The summed E-state index contributed by atoms with van der Waals surface area (Å²) in [6, 6.07) is 8.34. The molecule has 1 aromatic carbocycles. The monoisotopic (exact) mass is 439 g/mol. The minimum Gasteiger partial charge on any atom is -0.381 e. The lowest BCUT2D eigenvalue weighted by molar-refractivity contribution is 0.0783. The molecule has 4 rings (SSSR count). The molecule has 0 aliphatic carbocycles. The number of ether oxygens (including phenoxy) is 1. The lowest BCUT2D eigenvalue weighted by Gasteiger charge is -2.22. The zero-order valence-electron chi connectivity index (χ0n) is 17.5. The Bertz CT molecular complexity index is 1120. The number of hydrogen-bond acceptors (Lipinski definition) is 8. The molecule has 1 amide bonds. The van der Waals surface area contributed by atoms with Crippen molar-refractivity contribution in [2.75, 3.05) is 18.9 Å². The van der Waals surface area contributed by atoms with Crippen LogP contribution in [0, 0.1) is 18.3 Å². The number of nitrogens with two attached hydrogens (primary N) is 2. The Labute approximate surface area is 184 Å². The number of aryl methyl sites for hydroxylation is 1. The van der Waals surface area contributed by atoms with E-state index in [0.717, 1.165) is 47.8 Å². The van der Waals surface area contributed by atoms with Gasteiger partial charge < -0.3 is 16.2 Å². The van der Waals surface area contributed by atoms with E-state index in [2.05, 4.69) is 32.9 Å². The van der Waals surface area contributed by atoms with E-state index >= 15 is 0 Å². The number of amides is 1. The van der Waals surface area contributed by atoms with Gasteiger partial charge in [0.1, 0.15) is 5.69 Å². The number of nitrogen functional groups attached to an aromatic ring is 1. The van der Waals surface area contributed by atoms with Crippen molar-refractivity contribution in [3.8, 4) is 17.3 Å². The summed E-state index contributed by atoms with van der Waals surface area (Å²) in [5, 5.41) is 7.32. The summed E-state index contributed by atoms with van der Waals surface area (Å²) < 4.78 is 10.8. The summed E-state index contributed by atoms with van der Waals surface area (Å²) in [4.78, 5) is 21.0. The van der Waals surface area contributed by atoms with E-state index in [9.17, 15) is 4.79 Å². The molecule has 1 aliphatic heterocycles. The third-order valence-corrected chi connectivity index (χ3v) is 5.70. The van der Waals surface area contributed by atoms with Gasteiger partial charge in [-0.15, -0.1) is 0 Å². The molecule has 0 spiro atoms. The minimum absolute atomic E-state index is 0.103. The maximum atomic E-state index is 11.6. The van der Waals surface area contributed by atoms with Gasteiger partial charge in [-0.25, -0.2) is 9.97 Å². The number of carbonyl (C=O) groups excluding carboxylic acids is 1. The van der Waals surface area contributed by atoms with Gasteiger partial charge in [0.15, 0.2) is 11.5 Å². The first-order valence-electron chi connectivity index (χ1n) is 9.80. The van der Waals surface area contributed by atoms with Crippen molar-refractivity contribution in [1.29, 1.82) is 5.26 Å². The Morgan fingerprint density at radius 2 is 2.23 bits per heavy atom. The molecule has 1 saturated heterocycles. The fraction of sp³-hybridized carbons (Fsp3) is 0.333. The molecule has 5 N–H and O–H groups in total. The molecule has 162 valence electrons. The maximum Gasteiger partial charge on any atom is 0.268 e. The molecule has 0 radical (unpaired) electrons. The zero-order valence-corrected chi connectivity index (χ0v) is 18.3. The third-order valence-electron chi connectivity index (χ3n) is 4.76. The Morgan fingerprint density at radius 3 is 2.90 bits per heavy atom. The van der Waals surface area contributed by atoms with Crippen molar-refractivity contribution >= 4 is 29.3 Å². The smallest absolute Gasteiger partial charge is 0.268 e. The van der Waals surface area contributed by atoms with Crippen LogP contribution in [-0.2, 0) is 4.74 Å². The fourth-order valence-corrected chi connectivity index (χ4v) is 4.06. The number of anilines is 1. The summed E-state index contributed by atoms with van der Waals surface area (Å²) >= 11 is 1.59. The second kappa shape index (κ2) is 10.3. The second-order valence-corrected chi connectivity index (χ2v) is 7.96. The summed E-state index contributed by atoms with van der Waals surface area (Å²) in [7, 11) is 0. The van der Waals surface area contributed by atoms with E-state index in [1.165, 1.54) is 6.92 Å². The molecular weight excluding hydrogens is 414 g/mol. The van der Waals surface area contributed by atoms with E-state index in [0.29, 0.717) is 11.7 Å². The number of benzene rings is 1. The number of primary amides is 1. The van der Waals surface area contributed by atoms with Crippen molar-refractivity contribution in [1.82, 2.24) is 19.1 Å². The second-order valence-electron chi connectivity index (χ2n) is 7.05. The van der Waals surface area contributed by atoms with Crippen LogP contribution in [0.25, 0.3) is 16.9 Å². The summed E-state index contributed by atoms with van der Waals surface area (Å²) in [6.45, 7) is 5.05. The quantitative estimate of drug-likeness (QED) is 0.515. The number of nitrogens with one attached hydrogen (secondary N) is 1. The molecule has 1 fully saturated rings. The Hall–Kier alpha value is -3.13. The predicted octanol–water partition coefficient (Wildman–Crippen LogP) is 2.69. The van der Waals surface area contributed by atoms with Crippen LogP contribution < -0.4 is 16.2 Å². The molecular formula is C21H25N7O2S. The topological polar surface area (TPSA) is 144 Å². The highest BCUT2D eigenvalue weighted by molar-refractivity contribution is 7.97. The van der Waals surface area contributed by atoms with Crippen molar-refractivity contribution in [2.45, 2.75) is 37.6 Å². The third kappa shape index (κ3) is 5.32. The first-order chi connectivity index (χ1) is 14.9. The summed E-state index contributed by atoms with van der Waals surface area (Å²) in [6.07, 6.45) is 5.50. The summed E-state index contributed by atoms with van der Waals surface area (Å²) in [5.74, 6) is -0.460. The lowest BCUT2D eigenvalue weighted by atomic mass is 10.1. The van der Waals surface area contributed by atoms with Crippen molar-refractivity contribution in [2.24, 2.45) is 5.73 Å². The number of imidazole rings is 1. The molecule has 0 unspecified atom stereocenters. The fourth-order valence-electron chi connectivity index (χ4n) is 3.26. The van der Waals surface area contributed by atoms with Crippen LogP contribution in [0.5, 0.6) is 0 Å². The average Bonchev–Trinajstić information content (AvgIpc) is 3.19. The SMILES string of the molecule is CC#N.Cc1ccc(SN[C@H]2CCCOC2)cc1-c1cnc2c(N)nc(C(N)=O)cn12. The van der Waals surface area contributed by atoms with Gasteiger partial charge in [-0.05, 0) is 49.4 Å². The average molecular weight is 440 g/mol. The van der Waals surface area contributed by atoms with Gasteiger partial charge in [0.2, 0.25) is 0 Å². The van der Waals surface area contributed by atoms with Gasteiger partial charge in [0.25, 0.3) is 5.91 Å². The molecule has 1 atom stereocenters. The normalized spacial score (nSPS) is 15.7. The van der Waals surface area contributed by atoms with Crippen LogP contribution in [0.2, 0.25) is 0 Å². The largest absolute Gasteiger partial charge is 0.381 e. The molecule has 0 bridgehead atoms. The molecule has 0 saturated carbocycles. The summed E-state index contributed by atoms with van der Waals surface area (Å²) in [5.41, 5.74) is 14.9. The molecule has 1 aliphatic rings. The Kier molecular flexibility index (Phi) is 7.46. The number of aromatic nitrogens is 3. The molecule has 9 nitrogen and oxygen atoms in total. The maximum absolute atomic E-state index is 11.6. The number of rotatable bonds is 5. The van der Waals surface area contributed by atoms with E-state index in [1.807, 2.05) is 6.92 Å². The highest BCUT2D eigenvalue weighted by Crippen LogP contribution is 2.30. The van der Waals surface area contributed by atoms with Crippen LogP contribution in [-0.4, -0.2) is 39.5 Å². The van der Waals surface area contributed by atoms with Gasteiger partial charge in [-0.1, -0.05) is 6.07 Å². The van der Waals surface area contributed by atoms with Gasteiger partial charge in [-0.2, -0.15) is 5.26 Å². The van der Waals surface area contributed by atoms with E-state index in [1.54, 1.807) is 34.8 Å². The van der Waals surface area contributed by atoms with Gasteiger partial charge in [0.05, 0.1) is 24.6 Å². The van der Waals surface area contributed by atoms with E-state index in [4.69, 9.17) is 21.5 Å². The Balaban J connectivity index is 0.000000858. The highest BCUT2D eigenvalue weighted by atomic mass is 32.2. The standard InChI is InChI=1S/C19H22N6O2S.C2H3N/c1-11-4-5-13(28-24-12-3-2-6-27-10-12)7-14(11)16-8-22-19-17(20)23-15(18(21)26)9-25(16)19;1-2-3/h4-5,7-9,12,24H,2-3,6,10H2,1H3,(H2,20,23)(H2,21,26);1H3/t12-;/m0./s1. The van der Waals surface area contributed by atoms with Crippen LogP contribution in [0.3, 0.4) is 0 Å². The van der Waals surface area contributed by atoms with Gasteiger partial charge >= 0.3 is 0 Å². The molecule has 3 aromatic rings. The first kappa shape index (κ1) is 22.6. The predicted molar refractivity (Wildman–Crippen MR) is 120 cm³/mol. The number of nitriles is 1. The molecule has 2 aromatic heterocycles. The minimum atomic E-state index is -0.631. The van der Waals surface area contributed by atoms with E-state index < -0.39 is 5.91 Å². The lowest BCUT2D eigenvalue weighted by Crippen LogP contribution is -2.32. The number of nitrogens with zero attached hydrogens (tertiary/aromatic N) is 4. The zero-order chi connectivity index (χ0) is 22.4. The van der Waals surface area contributed by atoms with Crippen LogP contribution in [0.15, 0.2) is 35.5 Å². The van der Waals surface area contributed by atoms with Crippen molar-refractivity contribution in [3.63, 3.8) is 0 Å². The van der Waals surface area contributed by atoms with Gasteiger partial charge in [0, 0.05) is 36.2 Å². The van der Waals surface area contributed by atoms with Crippen molar-refractivity contribution in [3.05, 3.63) is 41.9 Å². The van der Waals surface area contributed by atoms with Gasteiger partial charge in [-0.3, -0.25) is 13.9 Å². The molecule has 3 heterocycles.